The van der Waals surface area contributed by atoms with Gasteiger partial charge < -0.3 is 4.90 Å². The van der Waals surface area contributed by atoms with E-state index in [4.69, 9.17) is 5.26 Å². The van der Waals surface area contributed by atoms with E-state index in [0.717, 1.165) is 34.7 Å². The Hall–Kier alpha value is -1.01. The molecule has 78 valence electrons. The van der Waals surface area contributed by atoms with Crippen molar-refractivity contribution in [2.45, 2.75) is 13.3 Å². The molecule has 1 aromatic carbocycles. The van der Waals surface area contributed by atoms with Crippen LogP contribution in [0.2, 0.25) is 0 Å². The van der Waals surface area contributed by atoms with Crippen LogP contribution in [0.15, 0.2) is 22.7 Å². The predicted molar refractivity (Wildman–Crippen MR) is 64.9 cm³/mol. The summed E-state index contributed by atoms with van der Waals surface area (Å²) in [6, 6.07) is 8.06. The van der Waals surface area contributed by atoms with Crippen molar-refractivity contribution in [2.75, 3.05) is 18.0 Å². The van der Waals surface area contributed by atoms with E-state index in [2.05, 4.69) is 33.8 Å². The van der Waals surface area contributed by atoms with Gasteiger partial charge in [0.1, 0.15) is 6.07 Å². The van der Waals surface area contributed by atoms with Gasteiger partial charge in [-0.15, -0.1) is 0 Å². The largest absolute Gasteiger partial charge is 0.370 e. The molecule has 0 bridgehead atoms. The van der Waals surface area contributed by atoms with E-state index in [0.29, 0.717) is 0 Å². The Balaban J connectivity index is 2.21. The molecule has 1 aliphatic heterocycles. The minimum Gasteiger partial charge on any atom is -0.370 e. The highest BCUT2D eigenvalue weighted by Crippen LogP contribution is 2.31. The van der Waals surface area contributed by atoms with Crippen LogP contribution in [0.1, 0.15) is 18.9 Å². The Morgan fingerprint density at radius 2 is 2.27 bits per heavy atom. The molecule has 0 amide bonds. The Kier molecular flexibility index (Phi) is 2.97. The van der Waals surface area contributed by atoms with E-state index in [-0.39, 0.29) is 0 Å². The number of nitrogens with zero attached hydrogens (tertiary/aromatic N) is 2. The molecule has 0 aromatic heterocycles. The van der Waals surface area contributed by atoms with Crippen molar-refractivity contribution >= 4 is 21.6 Å². The van der Waals surface area contributed by atoms with Crippen LogP contribution in [-0.4, -0.2) is 13.1 Å². The smallest absolute Gasteiger partial charge is 0.101 e. The molecule has 3 heteroatoms. The van der Waals surface area contributed by atoms with Gasteiger partial charge in [-0.2, -0.15) is 5.26 Å². The predicted octanol–water partition coefficient (Wildman–Crippen LogP) is 3.17. The molecular formula is C12H13BrN2. The Labute approximate surface area is 98.6 Å². The second-order valence-electron chi connectivity index (χ2n) is 3.95. The van der Waals surface area contributed by atoms with Gasteiger partial charge in [0.25, 0.3) is 0 Å². The summed E-state index contributed by atoms with van der Waals surface area (Å²) in [6.07, 6.45) is 1.23. The summed E-state index contributed by atoms with van der Waals surface area (Å²) < 4.78 is 1.04. The molecule has 0 radical (unpaired) electrons. The van der Waals surface area contributed by atoms with E-state index < -0.39 is 0 Å². The Morgan fingerprint density at radius 1 is 1.53 bits per heavy atom. The zero-order valence-electron chi connectivity index (χ0n) is 8.70. The van der Waals surface area contributed by atoms with Crippen LogP contribution < -0.4 is 4.90 Å². The normalized spacial score (nSPS) is 15.9. The molecule has 1 heterocycles. The number of anilines is 1. The van der Waals surface area contributed by atoms with E-state index in [1.54, 1.807) is 0 Å². The molecule has 1 aliphatic rings. The third kappa shape index (κ3) is 2.00. The fourth-order valence-corrected chi connectivity index (χ4v) is 2.23. The quantitative estimate of drug-likeness (QED) is 0.821. The van der Waals surface area contributed by atoms with Crippen molar-refractivity contribution in [3.63, 3.8) is 0 Å². The van der Waals surface area contributed by atoms with Crippen LogP contribution in [0, 0.1) is 17.2 Å². The third-order valence-corrected chi connectivity index (χ3v) is 3.45. The van der Waals surface area contributed by atoms with Crippen molar-refractivity contribution in [2.24, 2.45) is 5.92 Å². The van der Waals surface area contributed by atoms with Crippen LogP contribution >= 0.6 is 15.9 Å². The molecule has 1 saturated heterocycles. The van der Waals surface area contributed by atoms with E-state index in [9.17, 15) is 0 Å². The molecule has 0 spiro atoms. The summed E-state index contributed by atoms with van der Waals surface area (Å²) in [4.78, 5) is 2.28. The Morgan fingerprint density at radius 3 is 2.87 bits per heavy atom. The first-order chi connectivity index (χ1) is 7.24. The van der Waals surface area contributed by atoms with E-state index >= 15 is 0 Å². The van der Waals surface area contributed by atoms with Gasteiger partial charge in [-0.25, -0.2) is 0 Å². The molecular weight excluding hydrogens is 252 g/mol. The lowest BCUT2D eigenvalue weighted by Gasteiger charge is -2.41. The van der Waals surface area contributed by atoms with Crippen molar-refractivity contribution < 1.29 is 0 Å². The van der Waals surface area contributed by atoms with Gasteiger partial charge in [0.15, 0.2) is 0 Å². The molecule has 1 aromatic rings. The summed E-state index contributed by atoms with van der Waals surface area (Å²) in [6.45, 7) is 4.39. The lowest BCUT2D eigenvalue weighted by atomic mass is 9.95. The summed E-state index contributed by atoms with van der Waals surface area (Å²) >= 11 is 3.44. The second-order valence-corrected chi connectivity index (χ2v) is 4.87. The van der Waals surface area contributed by atoms with Crippen LogP contribution in [0.25, 0.3) is 0 Å². The summed E-state index contributed by atoms with van der Waals surface area (Å²) in [5.41, 5.74) is 1.84. The van der Waals surface area contributed by atoms with Gasteiger partial charge in [0, 0.05) is 17.6 Å². The number of halogens is 1. The van der Waals surface area contributed by atoms with Gasteiger partial charge in [0.05, 0.1) is 11.3 Å². The molecule has 0 atom stereocenters. The van der Waals surface area contributed by atoms with Crippen molar-refractivity contribution in [3.05, 3.63) is 28.2 Å². The zero-order valence-corrected chi connectivity index (χ0v) is 10.3. The number of hydrogen-bond acceptors (Lipinski definition) is 2. The van der Waals surface area contributed by atoms with E-state index in [1.165, 1.54) is 6.42 Å². The van der Waals surface area contributed by atoms with Gasteiger partial charge in [-0.1, -0.05) is 22.9 Å². The molecule has 2 rings (SSSR count). The van der Waals surface area contributed by atoms with Crippen molar-refractivity contribution in [1.29, 1.82) is 5.26 Å². The number of rotatable bonds is 2. The first-order valence-electron chi connectivity index (χ1n) is 5.19. The summed E-state index contributed by atoms with van der Waals surface area (Å²) in [5, 5.41) is 9.01. The second kappa shape index (κ2) is 4.24. The number of hydrogen-bond donors (Lipinski definition) is 0. The first kappa shape index (κ1) is 10.5. The van der Waals surface area contributed by atoms with Crippen molar-refractivity contribution in [3.8, 4) is 6.07 Å². The fraction of sp³-hybridized carbons (Fsp3) is 0.417. The maximum atomic E-state index is 9.01. The lowest BCUT2D eigenvalue weighted by molar-refractivity contribution is 0.398. The SMILES string of the molecule is CCC1CN(c2cc(Br)ccc2C#N)C1. The van der Waals surface area contributed by atoms with Gasteiger partial charge in [0.2, 0.25) is 0 Å². The fourth-order valence-electron chi connectivity index (χ4n) is 1.89. The molecule has 1 fully saturated rings. The average Bonchev–Trinajstić information content (AvgIpc) is 2.16. The molecule has 2 nitrogen and oxygen atoms in total. The van der Waals surface area contributed by atoms with Crippen LogP contribution in [0.3, 0.4) is 0 Å². The lowest BCUT2D eigenvalue weighted by Crippen LogP contribution is -2.46. The minimum atomic E-state index is 0.771. The molecule has 0 N–H and O–H groups in total. The number of benzene rings is 1. The highest BCUT2D eigenvalue weighted by molar-refractivity contribution is 9.10. The highest BCUT2D eigenvalue weighted by Gasteiger charge is 2.26. The maximum absolute atomic E-state index is 9.01. The zero-order chi connectivity index (χ0) is 10.8. The Bertz CT molecular complexity index is 403. The topological polar surface area (TPSA) is 27.0 Å². The van der Waals surface area contributed by atoms with Gasteiger partial charge in [-0.05, 0) is 30.5 Å². The molecule has 15 heavy (non-hydrogen) atoms. The summed E-state index contributed by atoms with van der Waals surface area (Å²) in [7, 11) is 0. The van der Waals surface area contributed by atoms with Crippen LogP contribution in [0.4, 0.5) is 5.69 Å². The first-order valence-corrected chi connectivity index (χ1v) is 5.98. The highest BCUT2D eigenvalue weighted by atomic mass is 79.9. The molecule has 0 saturated carbocycles. The maximum Gasteiger partial charge on any atom is 0.101 e. The van der Waals surface area contributed by atoms with E-state index in [1.807, 2.05) is 18.2 Å². The van der Waals surface area contributed by atoms with Crippen LogP contribution in [-0.2, 0) is 0 Å². The standard InChI is InChI=1S/C12H13BrN2/c1-2-9-7-15(8-9)12-5-11(13)4-3-10(12)6-14/h3-5,9H,2,7-8H2,1H3. The monoisotopic (exact) mass is 264 g/mol. The van der Waals surface area contributed by atoms with Gasteiger partial charge >= 0.3 is 0 Å². The minimum absolute atomic E-state index is 0.771. The average molecular weight is 265 g/mol. The van der Waals surface area contributed by atoms with Crippen molar-refractivity contribution in [1.82, 2.24) is 0 Å². The third-order valence-electron chi connectivity index (χ3n) is 2.96. The van der Waals surface area contributed by atoms with Crippen LogP contribution in [0.5, 0.6) is 0 Å². The molecule has 0 aliphatic carbocycles. The molecule has 0 unspecified atom stereocenters. The van der Waals surface area contributed by atoms with Gasteiger partial charge in [-0.3, -0.25) is 0 Å². The summed E-state index contributed by atoms with van der Waals surface area (Å²) in [5.74, 6) is 0.801. The number of nitriles is 1.